The summed E-state index contributed by atoms with van der Waals surface area (Å²) in [5.74, 6) is 0.688. The normalized spacial score (nSPS) is 26.9. The second-order valence-corrected chi connectivity index (χ2v) is 6.16. The Morgan fingerprint density at radius 3 is 3.00 bits per heavy atom. The maximum Gasteiger partial charge on any atom is 0.0794 e. The third kappa shape index (κ3) is 2.64. The average molecular weight is 238 g/mol. The first-order chi connectivity index (χ1) is 7.73. The molecule has 1 unspecified atom stereocenters. The van der Waals surface area contributed by atoms with Gasteiger partial charge in [-0.3, -0.25) is 4.98 Å². The molecule has 0 spiro atoms. The summed E-state index contributed by atoms with van der Waals surface area (Å²) >= 11 is 1.79. The summed E-state index contributed by atoms with van der Waals surface area (Å²) in [6, 6.07) is 0. The lowest BCUT2D eigenvalue weighted by Gasteiger charge is -2.37. The lowest BCUT2D eigenvalue weighted by Crippen LogP contribution is -2.50. The van der Waals surface area contributed by atoms with Gasteiger partial charge in [0, 0.05) is 23.0 Å². The highest BCUT2D eigenvalue weighted by atomic mass is 32.1. The molecule has 0 amide bonds. The van der Waals surface area contributed by atoms with Crippen LogP contribution >= 0.6 is 11.3 Å². The van der Waals surface area contributed by atoms with Crippen molar-refractivity contribution in [3.05, 3.63) is 16.6 Å². The fourth-order valence-electron chi connectivity index (χ4n) is 2.66. The Morgan fingerprint density at radius 2 is 2.31 bits per heavy atom. The SMILES string of the molecule is CC(C)C1(Cc2cncs2)CCCCCN1. The van der Waals surface area contributed by atoms with E-state index in [4.69, 9.17) is 0 Å². The van der Waals surface area contributed by atoms with Crippen LogP contribution in [-0.2, 0) is 6.42 Å². The van der Waals surface area contributed by atoms with Crippen LogP contribution in [0.1, 0.15) is 44.4 Å². The highest BCUT2D eigenvalue weighted by molar-refractivity contribution is 7.09. The van der Waals surface area contributed by atoms with Crippen molar-refractivity contribution in [3.8, 4) is 0 Å². The van der Waals surface area contributed by atoms with Crippen molar-refractivity contribution >= 4 is 11.3 Å². The van der Waals surface area contributed by atoms with E-state index in [0.29, 0.717) is 11.5 Å². The van der Waals surface area contributed by atoms with Gasteiger partial charge in [0.05, 0.1) is 5.51 Å². The van der Waals surface area contributed by atoms with Gasteiger partial charge in [-0.1, -0.05) is 26.7 Å². The predicted molar refractivity (Wildman–Crippen MR) is 69.9 cm³/mol. The number of hydrogen-bond donors (Lipinski definition) is 1. The Hall–Kier alpha value is -0.410. The second kappa shape index (κ2) is 5.28. The van der Waals surface area contributed by atoms with Crippen molar-refractivity contribution in [2.75, 3.05) is 6.54 Å². The summed E-state index contributed by atoms with van der Waals surface area (Å²) in [5, 5.41) is 3.81. The van der Waals surface area contributed by atoms with Crippen LogP contribution in [0.2, 0.25) is 0 Å². The molecule has 0 radical (unpaired) electrons. The van der Waals surface area contributed by atoms with E-state index >= 15 is 0 Å². The second-order valence-electron chi connectivity index (χ2n) is 5.19. The summed E-state index contributed by atoms with van der Waals surface area (Å²) in [5.41, 5.74) is 2.25. The molecule has 90 valence electrons. The number of aromatic nitrogens is 1. The zero-order chi connectivity index (χ0) is 11.4. The number of thiazole rings is 1. The molecule has 1 fully saturated rings. The minimum atomic E-state index is 0.309. The van der Waals surface area contributed by atoms with Crippen LogP contribution in [0, 0.1) is 5.92 Å². The summed E-state index contributed by atoms with van der Waals surface area (Å²) < 4.78 is 0. The standard InChI is InChI=1S/C13H22N2S/c1-11(2)13(6-4-3-5-7-15-13)8-12-9-14-10-16-12/h9-11,15H,3-8H2,1-2H3. The Bertz CT molecular complexity index is 298. The number of rotatable bonds is 3. The molecule has 1 N–H and O–H groups in total. The van der Waals surface area contributed by atoms with E-state index in [1.54, 1.807) is 11.3 Å². The van der Waals surface area contributed by atoms with Crippen molar-refractivity contribution in [3.63, 3.8) is 0 Å². The fraction of sp³-hybridized carbons (Fsp3) is 0.769. The number of hydrogen-bond acceptors (Lipinski definition) is 3. The molecule has 3 heteroatoms. The Labute approximate surface area is 102 Å². The molecular formula is C13H22N2S. The molecule has 1 aromatic heterocycles. The lowest BCUT2D eigenvalue weighted by molar-refractivity contribution is 0.227. The molecule has 0 bridgehead atoms. The summed E-state index contributed by atoms with van der Waals surface area (Å²) in [4.78, 5) is 5.61. The number of nitrogens with zero attached hydrogens (tertiary/aromatic N) is 1. The van der Waals surface area contributed by atoms with E-state index in [1.807, 2.05) is 11.7 Å². The van der Waals surface area contributed by atoms with Gasteiger partial charge in [0.25, 0.3) is 0 Å². The van der Waals surface area contributed by atoms with Gasteiger partial charge in [-0.25, -0.2) is 0 Å². The molecule has 16 heavy (non-hydrogen) atoms. The van der Waals surface area contributed by atoms with Gasteiger partial charge >= 0.3 is 0 Å². The predicted octanol–water partition coefficient (Wildman–Crippen LogP) is 3.24. The van der Waals surface area contributed by atoms with Crippen LogP contribution < -0.4 is 5.32 Å². The number of nitrogens with one attached hydrogen (secondary N) is 1. The van der Waals surface area contributed by atoms with Crippen molar-refractivity contribution in [2.24, 2.45) is 5.92 Å². The molecule has 0 saturated carbocycles. The average Bonchev–Trinajstić information content (AvgIpc) is 2.62. The highest BCUT2D eigenvalue weighted by Gasteiger charge is 2.34. The molecule has 2 nitrogen and oxygen atoms in total. The Morgan fingerprint density at radius 1 is 1.44 bits per heavy atom. The smallest absolute Gasteiger partial charge is 0.0794 e. The monoisotopic (exact) mass is 238 g/mol. The van der Waals surface area contributed by atoms with Crippen LogP contribution in [0.4, 0.5) is 0 Å². The van der Waals surface area contributed by atoms with E-state index in [1.165, 1.54) is 37.1 Å². The van der Waals surface area contributed by atoms with Crippen LogP contribution in [0.15, 0.2) is 11.7 Å². The zero-order valence-corrected chi connectivity index (χ0v) is 11.1. The van der Waals surface area contributed by atoms with E-state index in [9.17, 15) is 0 Å². The minimum absolute atomic E-state index is 0.309. The molecule has 2 heterocycles. The highest BCUT2D eigenvalue weighted by Crippen LogP contribution is 2.31. The molecule has 1 saturated heterocycles. The molecule has 1 aliphatic rings. The van der Waals surface area contributed by atoms with E-state index in [0.717, 1.165) is 6.42 Å². The van der Waals surface area contributed by atoms with Gasteiger partial charge in [0.1, 0.15) is 0 Å². The van der Waals surface area contributed by atoms with Crippen LogP contribution in [0.3, 0.4) is 0 Å². The van der Waals surface area contributed by atoms with Crippen molar-refractivity contribution < 1.29 is 0 Å². The molecule has 0 aliphatic carbocycles. The first-order valence-electron chi connectivity index (χ1n) is 6.35. The van der Waals surface area contributed by atoms with Crippen molar-refractivity contribution in [1.29, 1.82) is 0 Å². The molecule has 0 aromatic carbocycles. The molecular weight excluding hydrogens is 216 g/mol. The van der Waals surface area contributed by atoms with Crippen LogP contribution in [0.5, 0.6) is 0 Å². The first kappa shape index (κ1) is 12.1. The van der Waals surface area contributed by atoms with Crippen molar-refractivity contribution in [2.45, 2.75) is 51.5 Å². The van der Waals surface area contributed by atoms with E-state index in [-0.39, 0.29) is 0 Å². The summed E-state index contributed by atoms with van der Waals surface area (Å²) in [7, 11) is 0. The molecule has 1 aromatic rings. The topological polar surface area (TPSA) is 24.9 Å². The van der Waals surface area contributed by atoms with Crippen LogP contribution in [0.25, 0.3) is 0 Å². The maximum absolute atomic E-state index is 4.19. The summed E-state index contributed by atoms with van der Waals surface area (Å²) in [6.07, 6.45) is 8.56. The van der Waals surface area contributed by atoms with Gasteiger partial charge in [0.2, 0.25) is 0 Å². The van der Waals surface area contributed by atoms with E-state index < -0.39 is 0 Å². The Balaban J connectivity index is 2.13. The largest absolute Gasteiger partial charge is 0.311 e. The fourth-order valence-corrected chi connectivity index (χ4v) is 3.38. The third-order valence-corrected chi connectivity index (χ3v) is 4.63. The molecule has 1 atom stereocenters. The van der Waals surface area contributed by atoms with E-state index in [2.05, 4.69) is 24.1 Å². The lowest BCUT2D eigenvalue weighted by atomic mass is 9.79. The minimum Gasteiger partial charge on any atom is -0.311 e. The molecule has 2 rings (SSSR count). The van der Waals surface area contributed by atoms with Gasteiger partial charge in [-0.2, -0.15) is 0 Å². The summed E-state index contributed by atoms with van der Waals surface area (Å²) in [6.45, 7) is 5.87. The Kier molecular flexibility index (Phi) is 3.98. The maximum atomic E-state index is 4.19. The first-order valence-corrected chi connectivity index (χ1v) is 7.23. The quantitative estimate of drug-likeness (QED) is 0.874. The van der Waals surface area contributed by atoms with Gasteiger partial charge < -0.3 is 5.32 Å². The molecule has 1 aliphatic heterocycles. The van der Waals surface area contributed by atoms with Gasteiger partial charge in [-0.15, -0.1) is 11.3 Å². The zero-order valence-electron chi connectivity index (χ0n) is 10.3. The third-order valence-electron chi connectivity index (χ3n) is 3.86. The van der Waals surface area contributed by atoms with Crippen LogP contribution in [-0.4, -0.2) is 17.1 Å². The van der Waals surface area contributed by atoms with Crippen molar-refractivity contribution in [1.82, 2.24) is 10.3 Å². The van der Waals surface area contributed by atoms with Gasteiger partial charge in [-0.05, 0) is 25.3 Å². The van der Waals surface area contributed by atoms with Gasteiger partial charge in [0.15, 0.2) is 0 Å².